The summed E-state index contributed by atoms with van der Waals surface area (Å²) in [6, 6.07) is 7.79. The first-order valence-electron chi connectivity index (χ1n) is 4.76. The molecule has 4 heteroatoms. The Hall–Kier alpha value is -0.100. The minimum absolute atomic E-state index is 0.00182. The fourth-order valence-corrected chi connectivity index (χ4v) is 2.40. The van der Waals surface area contributed by atoms with E-state index < -0.39 is 0 Å². The molecule has 0 spiro atoms. The van der Waals surface area contributed by atoms with Gasteiger partial charge in [-0.3, -0.25) is 4.79 Å². The van der Waals surface area contributed by atoms with Crippen molar-refractivity contribution in [2.75, 3.05) is 5.33 Å². The molecule has 0 saturated heterocycles. The van der Waals surface area contributed by atoms with Gasteiger partial charge in [0.2, 0.25) is 0 Å². The quantitative estimate of drug-likeness (QED) is 0.629. The third-order valence-corrected chi connectivity index (χ3v) is 3.14. The molecule has 0 saturated carbocycles. The van der Waals surface area contributed by atoms with Crippen LogP contribution < -0.4 is 5.32 Å². The summed E-state index contributed by atoms with van der Waals surface area (Å²) in [6.45, 7) is 2.01. The van der Waals surface area contributed by atoms with E-state index in [1.807, 2.05) is 31.2 Å². The van der Waals surface area contributed by atoms with Crippen LogP contribution in [-0.4, -0.2) is 17.3 Å². The number of carbonyl (C=O) groups is 1. The Bertz CT molecular complexity index is 343. The predicted octanol–water partition coefficient (Wildman–Crippen LogP) is 3.19. The highest BCUT2D eigenvalue weighted by molar-refractivity contribution is 14.1. The van der Waals surface area contributed by atoms with Crippen molar-refractivity contribution >= 4 is 44.4 Å². The summed E-state index contributed by atoms with van der Waals surface area (Å²) >= 11 is 5.56. The molecule has 15 heavy (non-hydrogen) atoms. The number of amides is 1. The molecule has 0 aromatic heterocycles. The number of halogens is 2. The number of nitrogens with one attached hydrogen (secondary N) is 1. The molecule has 0 fully saturated rings. The fraction of sp³-hybridized carbons (Fsp3) is 0.364. The Morgan fingerprint density at radius 2 is 2.33 bits per heavy atom. The maximum atomic E-state index is 11.8. The van der Waals surface area contributed by atoms with Gasteiger partial charge < -0.3 is 5.32 Å². The lowest BCUT2D eigenvalue weighted by molar-refractivity contribution is 0.0939. The molecule has 1 aromatic rings. The minimum Gasteiger partial charge on any atom is -0.350 e. The summed E-state index contributed by atoms with van der Waals surface area (Å²) in [6.07, 6.45) is 0.940. The number of carbonyl (C=O) groups excluding carboxylic acids is 1. The molecule has 1 rings (SSSR count). The first-order valence-corrected chi connectivity index (χ1v) is 6.96. The average molecular weight is 382 g/mol. The number of alkyl halides is 1. The highest BCUT2D eigenvalue weighted by Gasteiger charge is 2.08. The number of hydrogen-bond donors (Lipinski definition) is 1. The van der Waals surface area contributed by atoms with Crippen LogP contribution in [0.1, 0.15) is 23.7 Å². The summed E-state index contributed by atoms with van der Waals surface area (Å²) in [7, 11) is 0. The van der Waals surface area contributed by atoms with E-state index in [2.05, 4.69) is 43.8 Å². The van der Waals surface area contributed by atoms with Gasteiger partial charge >= 0.3 is 0 Å². The van der Waals surface area contributed by atoms with Crippen LogP contribution in [0, 0.1) is 3.57 Å². The highest BCUT2D eigenvalue weighted by atomic mass is 127. The van der Waals surface area contributed by atoms with Gasteiger partial charge in [0.05, 0.1) is 0 Å². The monoisotopic (exact) mass is 381 g/mol. The molecule has 0 radical (unpaired) electrons. The van der Waals surface area contributed by atoms with Gasteiger partial charge in [0, 0.05) is 20.5 Å². The Labute approximate surface area is 112 Å². The molecule has 0 aliphatic rings. The van der Waals surface area contributed by atoms with Gasteiger partial charge in [-0.15, -0.1) is 0 Å². The van der Waals surface area contributed by atoms with Crippen LogP contribution in [0.2, 0.25) is 0 Å². The zero-order valence-corrected chi connectivity index (χ0v) is 12.2. The van der Waals surface area contributed by atoms with Crippen molar-refractivity contribution in [1.82, 2.24) is 5.32 Å². The summed E-state index contributed by atoms with van der Waals surface area (Å²) in [5.41, 5.74) is 0.725. The van der Waals surface area contributed by atoms with Crippen molar-refractivity contribution in [3.8, 4) is 0 Å². The van der Waals surface area contributed by atoms with Crippen molar-refractivity contribution in [3.63, 3.8) is 0 Å². The van der Waals surface area contributed by atoms with Crippen LogP contribution in [0.3, 0.4) is 0 Å². The zero-order chi connectivity index (χ0) is 11.3. The molecule has 0 aliphatic heterocycles. The van der Waals surface area contributed by atoms with Gasteiger partial charge in [-0.2, -0.15) is 0 Å². The second kappa shape index (κ2) is 6.48. The van der Waals surface area contributed by atoms with Crippen molar-refractivity contribution in [2.24, 2.45) is 0 Å². The van der Waals surface area contributed by atoms with E-state index >= 15 is 0 Å². The highest BCUT2D eigenvalue weighted by Crippen LogP contribution is 2.08. The van der Waals surface area contributed by atoms with Gasteiger partial charge in [0.15, 0.2) is 0 Å². The van der Waals surface area contributed by atoms with Gasteiger partial charge in [-0.05, 0) is 54.1 Å². The Balaban J connectivity index is 2.61. The molecule has 2 nitrogen and oxygen atoms in total. The lowest BCUT2D eigenvalue weighted by Gasteiger charge is -2.12. The summed E-state index contributed by atoms with van der Waals surface area (Å²) in [5, 5.41) is 3.86. The van der Waals surface area contributed by atoms with Crippen LogP contribution >= 0.6 is 38.5 Å². The molecule has 1 atom stereocenters. The molecule has 0 heterocycles. The summed E-state index contributed by atoms with van der Waals surface area (Å²) in [5.74, 6) is 0.00182. The second-order valence-corrected chi connectivity index (χ2v) is 5.40. The smallest absolute Gasteiger partial charge is 0.251 e. The van der Waals surface area contributed by atoms with Crippen molar-refractivity contribution < 1.29 is 4.79 Å². The van der Waals surface area contributed by atoms with E-state index in [-0.39, 0.29) is 11.9 Å². The predicted molar refractivity (Wildman–Crippen MR) is 74.5 cm³/mol. The molecule has 1 aromatic carbocycles. The molecule has 0 bridgehead atoms. The Morgan fingerprint density at radius 1 is 1.60 bits per heavy atom. The maximum Gasteiger partial charge on any atom is 0.251 e. The second-order valence-electron chi connectivity index (χ2n) is 3.36. The van der Waals surface area contributed by atoms with Gasteiger partial charge in [0.1, 0.15) is 0 Å². The molecular formula is C11H13BrINO. The van der Waals surface area contributed by atoms with Crippen LogP contribution in [0.4, 0.5) is 0 Å². The topological polar surface area (TPSA) is 29.1 Å². The standard InChI is InChI=1S/C11H13BrINO/c1-8(5-6-12)14-11(15)9-3-2-4-10(13)7-9/h2-4,7-8H,5-6H2,1H3,(H,14,15). The number of hydrogen-bond acceptors (Lipinski definition) is 1. The van der Waals surface area contributed by atoms with Gasteiger partial charge in [0.25, 0.3) is 5.91 Å². The number of benzene rings is 1. The van der Waals surface area contributed by atoms with Crippen LogP contribution in [0.25, 0.3) is 0 Å². The van der Waals surface area contributed by atoms with Crippen molar-refractivity contribution in [1.29, 1.82) is 0 Å². The van der Waals surface area contributed by atoms with Crippen molar-refractivity contribution in [2.45, 2.75) is 19.4 Å². The van der Waals surface area contributed by atoms with E-state index in [0.717, 1.165) is 20.9 Å². The van der Waals surface area contributed by atoms with E-state index in [1.54, 1.807) is 0 Å². The number of rotatable bonds is 4. The lowest BCUT2D eigenvalue weighted by Crippen LogP contribution is -2.32. The summed E-state index contributed by atoms with van der Waals surface area (Å²) in [4.78, 5) is 11.8. The first-order chi connectivity index (χ1) is 7.13. The Morgan fingerprint density at radius 3 is 2.93 bits per heavy atom. The third kappa shape index (κ3) is 4.51. The molecule has 0 aliphatic carbocycles. The first kappa shape index (κ1) is 13.0. The third-order valence-electron chi connectivity index (χ3n) is 2.01. The maximum absolute atomic E-state index is 11.8. The van der Waals surface area contributed by atoms with Crippen LogP contribution in [0.5, 0.6) is 0 Å². The van der Waals surface area contributed by atoms with Crippen LogP contribution in [-0.2, 0) is 0 Å². The molecule has 1 amide bonds. The molecular weight excluding hydrogens is 369 g/mol. The van der Waals surface area contributed by atoms with Crippen molar-refractivity contribution in [3.05, 3.63) is 33.4 Å². The SMILES string of the molecule is CC(CCBr)NC(=O)c1cccc(I)c1. The van der Waals surface area contributed by atoms with E-state index in [4.69, 9.17) is 0 Å². The normalized spacial score (nSPS) is 12.2. The lowest BCUT2D eigenvalue weighted by atomic mass is 10.2. The summed E-state index contributed by atoms with van der Waals surface area (Å²) < 4.78 is 1.08. The van der Waals surface area contributed by atoms with Gasteiger partial charge in [-0.1, -0.05) is 22.0 Å². The molecule has 1 N–H and O–H groups in total. The van der Waals surface area contributed by atoms with E-state index in [9.17, 15) is 4.79 Å². The zero-order valence-electron chi connectivity index (χ0n) is 8.47. The molecule has 82 valence electrons. The largest absolute Gasteiger partial charge is 0.350 e. The minimum atomic E-state index is 0.00182. The van der Waals surface area contributed by atoms with E-state index in [0.29, 0.717) is 0 Å². The average Bonchev–Trinajstić information content (AvgIpc) is 2.18. The molecule has 1 unspecified atom stereocenters. The van der Waals surface area contributed by atoms with Crippen LogP contribution in [0.15, 0.2) is 24.3 Å². The fourth-order valence-electron chi connectivity index (χ4n) is 1.17. The van der Waals surface area contributed by atoms with E-state index in [1.165, 1.54) is 0 Å². The Kier molecular flexibility index (Phi) is 5.60. The van der Waals surface area contributed by atoms with Gasteiger partial charge in [-0.25, -0.2) is 0 Å².